The highest BCUT2D eigenvalue weighted by atomic mass is 16.3. The molecule has 0 aliphatic rings. The van der Waals surface area contributed by atoms with Gasteiger partial charge in [-0.15, -0.1) is 0 Å². The average molecular weight is 223 g/mol. The Kier molecular flexibility index (Phi) is 6.98. The number of furan rings is 1. The van der Waals surface area contributed by atoms with Gasteiger partial charge in [-0.1, -0.05) is 39.0 Å². The van der Waals surface area contributed by atoms with Crippen molar-refractivity contribution in [1.29, 1.82) is 0 Å². The molecule has 0 aromatic carbocycles. The minimum Gasteiger partial charge on any atom is -0.468 e. The molecule has 1 atom stereocenters. The minimum atomic E-state index is 0.590. The summed E-state index contributed by atoms with van der Waals surface area (Å²) in [6.45, 7) is 5.36. The summed E-state index contributed by atoms with van der Waals surface area (Å²) >= 11 is 0. The molecule has 0 saturated carbocycles. The van der Waals surface area contributed by atoms with Crippen LogP contribution in [0.2, 0.25) is 0 Å². The molecule has 2 heteroatoms. The van der Waals surface area contributed by atoms with E-state index in [1.807, 2.05) is 12.1 Å². The Morgan fingerprint density at radius 2 is 2.06 bits per heavy atom. The topological polar surface area (TPSA) is 25.2 Å². The highest BCUT2D eigenvalue weighted by Gasteiger charge is 2.02. The summed E-state index contributed by atoms with van der Waals surface area (Å²) in [7, 11) is 0. The molecule has 1 aromatic rings. The van der Waals surface area contributed by atoms with Gasteiger partial charge >= 0.3 is 0 Å². The summed E-state index contributed by atoms with van der Waals surface area (Å²) in [5.74, 6) is 1.03. The van der Waals surface area contributed by atoms with Gasteiger partial charge in [0.15, 0.2) is 0 Å². The van der Waals surface area contributed by atoms with Crippen molar-refractivity contribution < 1.29 is 4.42 Å². The predicted octanol–water partition coefficient (Wildman–Crippen LogP) is 4.12. The summed E-state index contributed by atoms with van der Waals surface area (Å²) < 4.78 is 5.28. The Bertz CT molecular complexity index is 243. The zero-order valence-corrected chi connectivity index (χ0v) is 10.7. The molecule has 1 N–H and O–H groups in total. The monoisotopic (exact) mass is 223 g/mol. The van der Waals surface area contributed by atoms with Crippen LogP contribution in [-0.2, 0) is 6.54 Å². The van der Waals surface area contributed by atoms with Crippen LogP contribution in [0.5, 0.6) is 0 Å². The summed E-state index contributed by atoms with van der Waals surface area (Å²) in [6, 6.07) is 4.54. The lowest BCUT2D eigenvalue weighted by Crippen LogP contribution is -2.25. The van der Waals surface area contributed by atoms with Crippen molar-refractivity contribution in [3.8, 4) is 0 Å². The van der Waals surface area contributed by atoms with Crippen molar-refractivity contribution in [2.75, 3.05) is 0 Å². The minimum absolute atomic E-state index is 0.590. The molecule has 0 aliphatic heterocycles. The van der Waals surface area contributed by atoms with Crippen LogP contribution < -0.4 is 5.32 Å². The second kappa shape index (κ2) is 8.40. The standard InChI is InChI=1S/C14H25NO/c1-3-4-5-6-7-9-13(2)15-12-14-10-8-11-16-14/h8,10-11,13,15H,3-7,9,12H2,1-2H3. The van der Waals surface area contributed by atoms with Crippen LogP contribution in [0.15, 0.2) is 22.8 Å². The number of rotatable bonds is 9. The van der Waals surface area contributed by atoms with Crippen LogP contribution in [0.3, 0.4) is 0 Å². The normalized spacial score (nSPS) is 12.9. The molecular formula is C14H25NO. The predicted molar refractivity (Wildman–Crippen MR) is 68.4 cm³/mol. The van der Waals surface area contributed by atoms with E-state index in [0.717, 1.165) is 12.3 Å². The maximum atomic E-state index is 5.28. The lowest BCUT2D eigenvalue weighted by atomic mass is 10.1. The molecule has 0 spiro atoms. The molecule has 1 heterocycles. The third-order valence-electron chi connectivity index (χ3n) is 2.95. The van der Waals surface area contributed by atoms with Crippen LogP contribution in [0.25, 0.3) is 0 Å². The van der Waals surface area contributed by atoms with Gasteiger partial charge in [0, 0.05) is 6.04 Å². The third-order valence-corrected chi connectivity index (χ3v) is 2.95. The van der Waals surface area contributed by atoms with Crippen LogP contribution >= 0.6 is 0 Å². The van der Waals surface area contributed by atoms with E-state index < -0.39 is 0 Å². The molecule has 0 aliphatic carbocycles. The second-order valence-corrected chi connectivity index (χ2v) is 4.56. The SMILES string of the molecule is CCCCCCCC(C)NCc1ccco1. The summed E-state index contributed by atoms with van der Waals surface area (Å²) in [6.07, 6.45) is 9.81. The Morgan fingerprint density at radius 3 is 2.75 bits per heavy atom. The van der Waals surface area contributed by atoms with E-state index in [1.165, 1.54) is 38.5 Å². The van der Waals surface area contributed by atoms with Crippen LogP contribution in [0.1, 0.15) is 58.1 Å². The van der Waals surface area contributed by atoms with E-state index in [9.17, 15) is 0 Å². The van der Waals surface area contributed by atoms with Crippen molar-refractivity contribution in [3.63, 3.8) is 0 Å². The first-order valence-electron chi connectivity index (χ1n) is 6.58. The highest BCUT2D eigenvalue weighted by Crippen LogP contribution is 2.08. The van der Waals surface area contributed by atoms with E-state index in [4.69, 9.17) is 4.42 Å². The summed E-state index contributed by atoms with van der Waals surface area (Å²) in [5, 5.41) is 3.48. The van der Waals surface area contributed by atoms with E-state index in [-0.39, 0.29) is 0 Å². The fourth-order valence-electron chi connectivity index (χ4n) is 1.84. The fourth-order valence-corrected chi connectivity index (χ4v) is 1.84. The van der Waals surface area contributed by atoms with E-state index in [0.29, 0.717) is 6.04 Å². The van der Waals surface area contributed by atoms with E-state index >= 15 is 0 Å². The van der Waals surface area contributed by atoms with Crippen LogP contribution in [-0.4, -0.2) is 6.04 Å². The van der Waals surface area contributed by atoms with Gasteiger partial charge in [0.1, 0.15) is 5.76 Å². The molecule has 0 amide bonds. The molecular weight excluding hydrogens is 198 g/mol. The lowest BCUT2D eigenvalue weighted by molar-refractivity contribution is 0.432. The summed E-state index contributed by atoms with van der Waals surface area (Å²) in [4.78, 5) is 0. The van der Waals surface area contributed by atoms with Crippen molar-refractivity contribution >= 4 is 0 Å². The Hall–Kier alpha value is -0.760. The Morgan fingerprint density at radius 1 is 1.25 bits per heavy atom. The van der Waals surface area contributed by atoms with Gasteiger partial charge in [-0.25, -0.2) is 0 Å². The van der Waals surface area contributed by atoms with Gasteiger partial charge in [0.2, 0.25) is 0 Å². The first-order valence-corrected chi connectivity index (χ1v) is 6.58. The zero-order chi connectivity index (χ0) is 11.6. The smallest absolute Gasteiger partial charge is 0.117 e. The van der Waals surface area contributed by atoms with Gasteiger partial charge < -0.3 is 9.73 Å². The van der Waals surface area contributed by atoms with Gasteiger partial charge in [-0.2, -0.15) is 0 Å². The molecule has 16 heavy (non-hydrogen) atoms. The Labute approximate surface area is 99.4 Å². The molecule has 1 aromatic heterocycles. The first kappa shape index (κ1) is 13.3. The molecule has 0 radical (unpaired) electrons. The van der Waals surface area contributed by atoms with Crippen molar-refractivity contribution in [3.05, 3.63) is 24.2 Å². The number of hydrogen-bond donors (Lipinski definition) is 1. The quantitative estimate of drug-likeness (QED) is 0.637. The zero-order valence-electron chi connectivity index (χ0n) is 10.7. The largest absolute Gasteiger partial charge is 0.468 e. The Balaban J connectivity index is 1.96. The molecule has 1 unspecified atom stereocenters. The fraction of sp³-hybridized carbons (Fsp3) is 0.714. The molecule has 92 valence electrons. The number of unbranched alkanes of at least 4 members (excludes halogenated alkanes) is 4. The summed E-state index contributed by atoms with van der Waals surface area (Å²) in [5.41, 5.74) is 0. The third kappa shape index (κ3) is 5.96. The lowest BCUT2D eigenvalue weighted by Gasteiger charge is -2.12. The van der Waals surface area contributed by atoms with Crippen LogP contribution in [0.4, 0.5) is 0 Å². The van der Waals surface area contributed by atoms with E-state index in [1.54, 1.807) is 6.26 Å². The van der Waals surface area contributed by atoms with E-state index in [2.05, 4.69) is 19.2 Å². The second-order valence-electron chi connectivity index (χ2n) is 4.56. The van der Waals surface area contributed by atoms with Gasteiger partial charge in [0.25, 0.3) is 0 Å². The first-order chi connectivity index (χ1) is 7.83. The molecule has 2 nitrogen and oxygen atoms in total. The van der Waals surface area contributed by atoms with Crippen molar-refractivity contribution in [2.24, 2.45) is 0 Å². The van der Waals surface area contributed by atoms with Gasteiger partial charge in [-0.05, 0) is 25.5 Å². The van der Waals surface area contributed by atoms with Crippen molar-refractivity contribution in [1.82, 2.24) is 5.32 Å². The molecule has 0 bridgehead atoms. The van der Waals surface area contributed by atoms with Crippen LogP contribution in [0, 0.1) is 0 Å². The molecule has 0 saturated heterocycles. The highest BCUT2D eigenvalue weighted by molar-refractivity contribution is 4.97. The average Bonchev–Trinajstić information content (AvgIpc) is 2.79. The van der Waals surface area contributed by atoms with Gasteiger partial charge in [-0.3, -0.25) is 0 Å². The van der Waals surface area contributed by atoms with Crippen molar-refractivity contribution in [2.45, 2.75) is 65.0 Å². The maximum absolute atomic E-state index is 5.28. The molecule has 1 rings (SSSR count). The number of hydrogen-bond acceptors (Lipinski definition) is 2. The van der Waals surface area contributed by atoms with Gasteiger partial charge in [0.05, 0.1) is 12.8 Å². The maximum Gasteiger partial charge on any atom is 0.117 e. The number of nitrogens with one attached hydrogen (secondary N) is 1. The molecule has 0 fully saturated rings.